The third-order valence-electron chi connectivity index (χ3n) is 3.00. The predicted molar refractivity (Wildman–Crippen MR) is 79.6 cm³/mol. The average Bonchev–Trinajstić information content (AvgIpc) is 2.53. The van der Waals surface area contributed by atoms with E-state index in [4.69, 9.17) is 15.3 Å². The molecule has 0 spiro atoms. The Labute approximate surface area is 123 Å². The summed E-state index contributed by atoms with van der Waals surface area (Å²) in [5.74, 6) is 5.58. The highest BCUT2D eigenvalue weighted by atomic mass is 16.5. The molecule has 0 unspecified atom stereocenters. The van der Waals surface area contributed by atoms with Gasteiger partial charge in [0, 0.05) is 18.2 Å². The van der Waals surface area contributed by atoms with Crippen LogP contribution in [0.4, 0.5) is 0 Å². The van der Waals surface area contributed by atoms with E-state index in [1.807, 2.05) is 36.4 Å². The predicted octanol–water partition coefficient (Wildman–Crippen LogP) is 2.02. The maximum atomic E-state index is 11.7. The Kier molecular flexibility index (Phi) is 5.31. The minimum absolute atomic E-state index is 0.292. The van der Waals surface area contributed by atoms with Crippen LogP contribution >= 0.6 is 0 Å². The number of amides is 1. The molecule has 110 valence electrons. The summed E-state index contributed by atoms with van der Waals surface area (Å²) in [6.07, 6.45) is 0. The third kappa shape index (κ3) is 4.05. The van der Waals surface area contributed by atoms with Crippen LogP contribution in [0.2, 0.25) is 0 Å². The van der Waals surface area contributed by atoms with Gasteiger partial charge in [-0.05, 0) is 23.8 Å². The van der Waals surface area contributed by atoms with Crippen molar-refractivity contribution in [1.82, 2.24) is 5.43 Å². The molecule has 0 atom stereocenters. The zero-order valence-electron chi connectivity index (χ0n) is 11.8. The van der Waals surface area contributed by atoms with Crippen molar-refractivity contribution >= 4 is 5.91 Å². The number of hydrogen-bond donors (Lipinski definition) is 2. The van der Waals surface area contributed by atoms with Crippen molar-refractivity contribution in [1.29, 1.82) is 0 Å². The number of nitrogen functional groups attached to an aromatic ring is 1. The molecule has 0 saturated carbocycles. The van der Waals surface area contributed by atoms with Crippen molar-refractivity contribution in [3.63, 3.8) is 0 Å². The highest BCUT2D eigenvalue weighted by molar-refractivity contribution is 5.95. The van der Waals surface area contributed by atoms with Crippen LogP contribution in [-0.4, -0.2) is 13.0 Å². The molecule has 0 aliphatic carbocycles. The topological polar surface area (TPSA) is 73.6 Å². The van der Waals surface area contributed by atoms with E-state index < -0.39 is 0 Å². The van der Waals surface area contributed by atoms with Gasteiger partial charge >= 0.3 is 0 Å². The van der Waals surface area contributed by atoms with E-state index in [2.05, 4.69) is 5.43 Å². The molecular formula is C16H18N2O3. The average molecular weight is 286 g/mol. The monoisotopic (exact) mass is 286 g/mol. The number of nitrogens with two attached hydrogens (primary N) is 1. The molecule has 0 heterocycles. The summed E-state index contributed by atoms with van der Waals surface area (Å²) in [6.45, 7) is 0.823. The Bertz CT molecular complexity index is 614. The first kappa shape index (κ1) is 15.0. The Morgan fingerprint density at radius 3 is 2.71 bits per heavy atom. The van der Waals surface area contributed by atoms with E-state index in [9.17, 15) is 4.79 Å². The molecule has 0 saturated heterocycles. The van der Waals surface area contributed by atoms with Crippen LogP contribution in [0.25, 0.3) is 0 Å². The van der Waals surface area contributed by atoms with Crippen molar-refractivity contribution < 1.29 is 14.3 Å². The lowest BCUT2D eigenvalue weighted by atomic mass is 10.1. The summed E-state index contributed by atoms with van der Waals surface area (Å²) in [4.78, 5) is 11.7. The van der Waals surface area contributed by atoms with E-state index >= 15 is 0 Å². The largest absolute Gasteiger partial charge is 0.489 e. The fraction of sp³-hybridized carbons (Fsp3) is 0.188. The zero-order valence-corrected chi connectivity index (χ0v) is 11.8. The molecule has 5 heteroatoms. The molecule has 0 fully saturated rings. The minimum Gasteiger partial charge on any atom is -0.489 e. The quantitative estimate of drug-likeness (QED) is 0.484. The van der Waals surface area contributed by atoms with Gasteiger partial charge in [0.2, 0.25) is 0 Å². The molecule has 2 aromatic rings. The van der Waals surface area contributed by atoms with Gasteiger partial charge in [0.25, 0.3) is 5.91 Å². The number of methoxy groups -OCH3 is 1. The Hall–Kier alpha value is -2.37. The maximum Gasteiger partial charge on any atom is 0.265 e. The van der Waals surface area contributed by atoms with Gasteiger partial charge in [0.15, 0.2) is 0 Å². The van der Waals surface area contributed by atoms with Gasteiger partial charge in [-0.3, -0.25) is 10.2 Å². The first-order valence-electron chi connectivity index (χ1n) is 6.54. The molecule has 0 bridgehead atoms. The summed E-state index contributed by atoms with van der Waals surface area (Å²) in [6, 6.07) is 14.8. The number of carbonyl (C=O) groups is 1. The van der Waals surface area contributed by atoms with Gasteiger partial charge in [-0.2, -0.15) is 0 Å². The molecule has 1 amide bonds. The minimum atomic E-state index is -0.331. The van der Waals surface area contributed by atoms with Crippen molar-refractivity contribution in [3.05, 3.63) is 65.2 Å². The summed E-state index contributed by atoms with van der Waals surface area (Å²) in [7, 11) is 1.65. The lowest BCUT2D eigenvalue weighted by molar-refractivity contribution is 0.0951. The Morgan fingerprint density at radius 2 is 1.95 bits per heavy atom. The highest BCUT2D eigenvalue weighted by Crippen LogP contribution is 2.17. The van der Waals surface area contributed by atoms with Gasteiger partial charge in [-0.15, -0.1) is 0 Å². The van der Waals surface area contributed by atoms with Gasteiger partial charge in [0.1, 0.15) is 12.4 Å². The Morgan fingerprint density at radius 1 is 1.14 bits per heavy atom. The number of benzene rings is 2. The van der Waals surface area contributed by atoms with Crippen molar-refractivity contribution in [2.75, 3.05) is 7.11 Å². The number of ether oxygens (including phenoxy) is 2. The second-order valence-electron chi connectivity index (χ2n) is 4.50. The number of nitrogens with one attached hydrogen (secondary N) is 1. The van der Waals surface area contributed by atoms with Crippen molar-refractivity contribution in [2.45, 2.75) is 13.2 Å². The molecule has 2 aromatic carbocycles. The van der Waals surface area contributed by atoms with E-state index in [0.29, 0.717) is 18.8 Å². The van der Waals surface area contributed by atoms with Crippen LogP contribution in [-0.2, 0) is 18.0 Å². The summed E-state index contributed by atoms with van der Waals surface area (Å²) in [5.41, 5.74) is 4.45. The van der Waals surface area contributed by atoms with Gasteiger partial charge in [-0.25, -0.2) is 5.84 Å². The van der Waals surface area contributed by atoms with Crippen LogP contribution in [0.5, 0.6) is 5.75 Å². The standard InChI is InChI=1S/C16H18N2O3/c1-20-10-12-5-4-7-14(9-12)21-11-13-6-2-3-8-15(13)16(19)18-17/h2-9H,10-11,17H2,1H3,(H,18,19). The molecule has 0 radical (unpaired) electrons. The molecule has 3 N–H and O–H groups in total. The molecule has 2 rings (SSSR count). The normalized spacial score (nSPS) is 10.2. The number of rotatable bonds is 6. The van der Waals surface area contributed by atoms with E-state index in [0.717, 1.165) is 16.9 Å². The first-order valence-corrected chi connectivity index (χ1v) is 6.54. The van der Waals surface area contributed by atoms with Crippen molar-refractivity contribution in [3.8, 4) is 5.75 Å². The summed E-state index contributed by atoms with van der Waals surface area (Å²) in [5, 5.41) is 0. The second kappa shape index (κ2) is 7.42. The Balaban J connectivity index is 2.09. The molecule has 0 aliphatic heterocycles. The third-order valence-corrected chi connectivity index (χ3v) is 3.00. The highest BCUT2D eigenvalue weighted by Gasteiger charge is 2.09. The molecule has 0 aromatic heterocycles. The zero-order chi connectivity index (χ0) is 15.1. The van der Waals surface area contributed by atoms with Crippen LogP contribution in [0.3, 0.4) is 0 Å². The SMILES string of the molecule is COCc1cccc(OCc2ccccc2C(=O)NN)c1. The number of hydrogen-bond acceptors (Lipinski definition) is 4. The van der Waals surface area contributed by atoms with Crippen LogP contribution in [0.15, 0.2) is 48.5 Å². The number of hydrazine groups is 1. The lowest BCUT2D eigenvalue weighted by Gasteiger charge is -2.11. The number of carbonyl (C=O) groups excluding carboxylic acids is 1. The second-order valence-corrected chi connectivity index (χ2v) is 4.50. The molecule has 21 heavy (non-hydrogen) atoms. The molecule has 5 nitrogen and oxygen atoms in total. The van der Waals surface area contributed by atoms with Crippen LogP contribution < -0.4 is 16.0 Å². The lowest BCUT2D eigenvalue weighted by Crippen LogP contribution is -2.30. The van der Waals surface area contributed by atoms with E-state index in [-0.39, 0.29) is 5.91 Å². The van der Waals surface area contributed by atoms with Gasteiger partial charge < -0.3 is 9.47 Å². The fourth-order valence-electron chi connectivity index (χ4n) is 2.00. The van der Waals surface area contributed by atoms with E-state index in [1.54, 1.807) is 19.2 Å². The molecule has 0 aliphatic rings. The van der Waals surface area contributed by atoms with Crippen molar-refractivity contribution in [2.24, 2.45) is 5.84 Å². The van der Waals surface area contributed by atoms with Crippen LogP contribution in [0.1, 0.15) is 21.5 Å². The van der Waals surface area contributed by atoms with Gasteiger partial charge in [0.05, 0.1) is 6.61 Å². The van der Waals surface area contributed by atoms with Gasteiger partial charge in [-0.1, -0.05) is 30.3 Å². The summed E-state index contributed by atoms with van der Waals surface area (Å²) >= 11 is 0. The smallest absolute Gasteiger partial charge is 0.265 e. The van der Waals surface area contributed by atoms with Crippen LogP contribution in [0, 0.1) is 0 Å². The maximum absolute atomic E-state index is 11.7. The van der Waals surface area contributed by atoms with E-state index in [1.165, 1.54) is 0 Å². The molecular weight excluding hydrogens is 268 g/mol. The fourth-order valence-corrected chi connectivity index (χ4v) is 2.00. The first-order chi connectivity index (χ1) is 10.2. The summed E-state index contributed by atoms with van der Waals surface area (Å²) < 4.78 is 10.8.